The van der Waals surface area contributed by atoms with Gasteiger partial charge in [0.15, 0.2) is 0 Å². The second-order valence-electron chi connectivity index (χ2n) is 11.3. The molecule has 0 bridgehead atoms. The summed E-state index contributed by atoms with van der Waals surface area (Å²) in [7, 11) is 0. The number of rotatable bonds is 17. The van der Waals surface area contributed by atoms with Gasteiger partial charge in [0.2, 0.25) is 0 Å². The minimum absolute atomic E-state index is 0.00350. The summed E-state index contributed by atoms with van der Waals surface area (Å²) < 4.78 is 5.16. The lowest BCUT2D eigenvalue weighted by Gasteiger charge is -2.45. The summed E-state index contributed by atoms with van der Waals surface area (Å²) in [6.45, 7) is 3.31. The predicted molar refractivity (Wildman–Crippen MR) is 135 cm³/mol. The fourth-order valence-electron chi connectivity index (χ4n) is 5.54. The molecule has 2 rings (SSSR count). The van der Waals surface area contributed by atoms with Crippen molar-refractivity contribution in [1.82, 2.24) is 0 Å². The molecule has 0 aliphatic heterocycles. The van der Waals surface area contributed by atoms with Gasteiger partial charge in [-0.05, 0) is 43.9 Å². The summed E-state index contributed by atoms with van der Waals surface area (Å²) in [6, 6.07) is 0. The van der Waals surface area contributed by atoms with E-state index in [9.17, 15) is 30.0 Å². The molecule has 0 spiro atoms. The first kappa shape index (κ1) is 29.9. The average molecular weight is 497 g/mol. The number of aliphatic hydroxyl groups is 4. The number of Topliss-reactive ketones (excluding diaryl/α,β-unsaturated/α-hetero) is 1. The molecule has 0 aromatic carbocycles. The molecule has 35 heavy (non-hydrogen) atoms. The molecule has 0 saturated heterocycles. The van der Waals surface area contributed by atoms with Gasteiger partial charge < -0.3 is 25.2 Å². The van der Waals surface area contributed by atoms with E-state index in [0.717, 1.165) is 51.4 Å². The van der Waals surface area contributed by atoms with Gasteiger partial charge in [-0.15, -0.1) is 0 Å². The summed E-state index contributed by atoms with van der Waals surface area (Å²) >= 11 is 0. The zero-order valence-corrected chi connectivity index (χ0v) is 21.8. The summed E-state index contributed by atoms with van der Waals surface area (Å²) in [6.07, 6.45) is 13.5. The van der Waals surface area contributed by atoms with E-state index in [1.54, 1.807) is 6.92 Å². The number of hydrogen-bond acceptors (Lipinski definition) is 7. The molecule has 4 N–H and O–H groups in total. The number of aliphatic hydroxyl groups excluding tert-OH is 4. The highest BCUT2D eigenvalue weighted by Crippen LogP contribution is 2.48. The molecule has 2 aliphatic carbocycles. The van der Waals surface area contributed by atoms with Crippen LogP contribution in [0.15, 0.2) is 12.2 Å². The van der Waals surface area contributed by atoms with Crippen molar-refractivity contribution in [2.45, 2.75) is 110 Å². The lowest BCUT2D eigenvalue weighted by molar-refractivity contribution is -0.149. The van der Waals surface area contributed by atoms with Crippen LogP contribution in [0.2, 0.25) is 0 Å². The van der Waals surface area contributed by atoms with Gasteiger partial charge in [-0.1, -0.05) is 58.1 Å². The average Bonchev–Trinajstić information content (AvgIpc) is 3.08. The first-order valence-corrected chi connectivity index (χ1v) is 13.6. The van der Waals surface area contributed by atoms with Crippen LogP contribution in [0.25, 0.3) is 0 Å². The monoisotopic (exact) mass is 496 g/mol. The van der Waals surface area contributed by atoms with E-state index in [-0.39, 0.29) is 61.3 Å². The molecule has 2 fully saturated rings. The molecule has 1 unspecified atom stereocenters. The van der Waals surface area contributed by atoms with Crippen LogP contribution in [-0.4, -0.2) is 64.2 Å². The van der Waals surface area contributed by atoms with Crippen molar-refractivity contribution in [1.29, 1.82) is 0 Å². The maximum Gasteiger partial charge on any atom is 0.305 e. The summed E-state index contributed by atoms with van der Waals surface area (Å²) in [5.41, 5.74) is -0.752. The molecule has 202 valence electrons. The van der Waals surface area contributed by atoms with Crippen molar-refractivity contribution >= 4 is 11.8 Å². The third-order valence-electron chi connectivity index (χ3n) is 8.25. The molecule has 2 saturated carbocycles. The van der Waals surface area contributed by atoms with E-state index < -0.39 is 11.5 Å². The number of carbonyl (C=O) groups excluding carboxylic acids is 2. The lowest BCUT2D eigenvalue weighted by atomic mass is 9.62. The molecular weight excluding hydrogens is 448 g/mol. The fourth-order valence-corrected chi connectivity index (χ4v) is 5.54. The fraction of sp³-hybridized carbons (Fsp3) is 0.857. The maximum absolute atomic E-state index is 12.5. The molecular formula is C28H48O7. The van der Waals surface area contributed by atoms with Crippen LogP contribution in [0, 0.1) is 22.7 Å². The number of esters is 1. The Morgan fingerprint density at radius 1 is 1.20 bits per heavy atom. The Kier molecular flexibility index (Phi) is 12.4. The second-order valence-corrected chi connectivity index (χ2v) is 11.3. The maximum atomic E-state index is 12.5. The van der Waals surface area contributed by atoms with Gasteiger partial charge in [0.05, 0.1) is 25.4 Å². The number of ketones is 1. The quantitative estimate of drug-likeness (QED) is 0.137. The van der Waals surface area contributed by atoms with Gasteiger partial charge in [-0.25, -0.2) is 0 Å². The van der Waals surface area contributed by atoms with E-state index in [4.69, 9.17) is 4.74 Å². The molecule has 7 nitrogen and oxygen atoms in total. The van der Waals surface area contributed by atoms with Gasteiger partial charge in [0.1, 0.15) is 12.4 Å². The number of hydrogen-bond donors (Lipinski definition) is 4. The van der Waals surface area contributed by atoms with Crippen LogP contribution in [0.1, 0.15) is 97.3 Å². The van der Waals surface area contributed by atoms with Crippen molar-refractivity contribution < 1.29 is 34.8 Å². The van der Waals surface area contributed by atoms with E-state index in [1.165, 1.54) is 6.42 Å². The highest BCUT2D eigenvalue weighted by molar-refractivity contribution is 5.84. The molecule has 0 amide bonds. The second kappa shape index (κ2) is 14.5. The van der Waals surface area contributed by atoms with Gasteiger partial charge in [-0.2, -0.15) is 0 Å². The zero-order valence-electron chi connectivity index (χ0n) is 21.8. The normalized spacial score (nSPS) is 25.1. The molecule has 0 heterocycles. The Morgan fingerprint density at radius 2 is 1.89 bits per heavy atom. The number of ether oxygens (including phenoxy) is 1. The Labute approximate surface area is 211 Å². The van der Waals surface area contributed by atoms with Crippen molar-refractivity contribution in [2.24, 2.45) is 22.7 Å². The van der Waals surface area contributed by atoms with Gasteiger partial charge in [0, 0.05) is 30.1 Å². The Balaban J connectivity index is 1.69. The van der Waals surface area contributed by atoms with Crippen LogP contribution >= 0.6 is 0 Å². The van der Waals surface area contributed by atoms with E-state index in [2.05, 4.69) is 6.92 Å². The van der Waals surface area contributed by atoms with Crippen LogP contribution in [0.4, 0.5) is 0 Å². The molecule has 2 aliphatic rings. The van der Waals surface area contributed by atoms with Crippen molar-refractivity contribution in [3.8, 4) is 0 Å². The van der Waals surface area contributed by atoms with E-state index >= 15 is 0 Å². The topological polar surface area (TPSA) is 124 Å². The van der Waals surface area contributed by atoms with Crippen LogP contribution in [-0.2, 0) is 14.3 Å². The number of carbonyl (C=O) groups is 2. The molecule has 0 aromatic heterocycles. The van der Waals surface area contributed by atoms with Crippen LogP contribution in [0.3, 0.4) is 0 Å². The van der Waals surface area contributed by atoms with Gasteiger partial charge >= 0.3 is 5.97 Å². The van der Waals surface area contributed by atoms with Crippen molar-refractivity contribution in [3.05, 3.63) is 12.2 Å². The third kappa shape index (κ3) is 8.66. The smallest absolute Gasteiger partial charge is 0.305 e. The highest BCUT2D eigenvalue weighted by atomic mass is 16.5. The number of unbranched alkanes of at least 4 members (excludes halogenated alkanes) is 3. The third-order valence-corrected chi connectivity index (χ3v) is 8.25. The van der Waals surface area contributed by atoms with Gasteiger partial charge in [-0.3, -0.25) is 9.59 Å². The molecule has 7 heteroatoms. The Hall–Kier alpha value is -1.28. The summed E-state index contributed by atoms with van der Waals surface area (Å²) in [5, 5.41) is 39.6. The minimum atomic E-state index is -0.814. The minimum Gasteiger partial charge on any atom is -0.465 e. The zero-order chi connectivity index (χ0) is 25.9. The first-order chi connectivity index (χ1) is 16.7. The summed E-state index contributed by atoms with van der Waals surface area (Å²) in [5.74, 6) is -0.567. The highest BCUT2D eigenvalue weighted by Gasteiger charge is 2.42. The lowest BCUT2D eigenvalue weighted by Crippen LogP contribution is -2.41. The standard InChI is InChI=1S/C28H48O7/c1-3-14-28(15-9-16-28)25(33)12-8-11-22-21(23(31)17-24(22)32)10-6-4-5-7-13-26(34)35-20-27(2,18-29)19-30/h8,11,21-22,24-25,29-30,32-33H,3-7,9-10,12-20H2,1-2H3/b11-8+/t21-,22-,24-,25?/m1/s1. The summed E-state index contributed by atoms with van der Waals surface area (Å²) in [4.78, 5) is 24.3. The van der Waals surface area contributed by atoms with E-state index in [0.29, 0.717) is 19.3 Å². The largest absolute Gasteiger partial charge is 0.465 e. The van der Waals surface area contributed by atoms with Crippen molar-refractivity contribution in [3.63, 3.8) is 0 Å². The van der Waals surface area contributed by atoms with Crippen molar-refractivity contribution in [2.75, 3.05) is 19.8 Å². The van der Waals surface area contributed by atoms with Crippen LogP contribution < -0.4 is 0 Å². The SMILES string of the molecule is CCCC1(C(O)C/C=C/[C@H]2[C@H](O)CC(=O)[C@@H]2CCCCCCC(=O)OCC(C)(CO)CO)CCC1. The Bertz CT molecular complexity index is 681. The first-order valence-electron chi connectivity index (χ1n) is 13.6. The Morgan fingerprint density at radius 3 is 2.49 bits per heavy atom. The van der Waals surface area contributed by atoms with Gasteiger partial charge in [0.25, 0.3) is 0 Å². The molecule has 0 aromatic rings. The molecule has 4 atom stereocenters. The van der Waals surface area contributed by atoms with E-state index in [1.807, 2.05) is 12.2 Å². The predicted octanol–water partition coefficient (Wildman–Crippen LogP) is 3.70. The molecule has 0 radical (unpaired) electrons. The van der Waals surface area contributed by atoms with Crippen LogP contribution in [0.5, 0.6) is 0 Å².